The normalized spacial score (nSPS) is 11.4. The number of carboxylic acids is 1. The number of hydrogen-bond acceptors (Lipinski definition) is 4. The van der Waals surface area contributed by atoms with Gasteiger partial charge < -0.3 is 9.52 Å². The summed E-state index contributed by atoms with van der Waals surface area (Å²) in [5.74, 6) is -1.78. The van der Waals surface area contributed by atoms with Crippen molar-refractivity contribution in [3.05, 3.63) is 46.3 Å². The number of carboxylic acid groups (broad SMARTS) is 1. The third-order valence-electron chi connectivity index (χ3n) is 2.90. The number of rotatable bonds is 4. The molecule has 0 aliphatic carbocycles. The third kappa shape index (κ3) is 2.96. The minimum atomic E-state index is -3.92. The molecule has 8 heteroatoms. The van der Waals surface area contributed by atoms with Gasteiger partial charge in [-0.3, -0.25) is 4.31 Å². The van der Waals surface area contributed by atoms with Crippen LogP contribution in [0, 0.1) is 6.92 Å². The highest BCUT2D eigenvalue weighted by Crippen LogP contribution is 2.30. The Hall–Kier alpha value is -1.80. The largest absolute Gasteiger partial charge is 0.475 e. The lowest BCUT2D eigenvalue weighted by Crippen LogP contribution is -2.26. The molecule has 0 aliphatic heterocycles. The van der Waals surface area contributed by atoms with Crippen LogP contribution >= 0.6 is 15.9 Å². The van der Waals surface area contributed by atoms with Crippen LogP contribution in [0.4, 0.5) is 5.69 Å². The molecule has 1 N–H and O–H groups in total. The fraction of sp³-hybridized carbons (Fsp3) is 0.154. The molecule has 0 unspecified atom stereocenters. The van der Waals surface area contributed by atoms with Gasteiger partial charge in [-0.15, -0.1) is 0 Å². The van der Waals surface area contributed by atoms with Crippen LogP contribution in [-0.4, -0.2) is 26.5 Å². The van der Waals surface area contributed by atoms with Crippen LogP contribution in [0.3, 0.4) is 0 Å². The standard InChI is InChI=1S/C13H12BrNO5S/c1-8-3-5-9(6-4-8)15(2)21(18,19)11-7-10(13(16)17)20-12(11)14/h3-7H,1-2H3,(H,16,17). The Morgan fingerprint density at radius 1 is 1.29 bits per heavy atom. The quantitative estimate of drug-likeness (QED) is 0.889. The minimum absolute atomic E-state index is 0.140. The number of sulfonamides is 1. The number of nitrogens with zero attached hydrogens (tertiary/aromatic N) is 1. The molecule has 0 aliphatic rings. The Bertz CT molecular complexity index is 779. The van der Waals surface area contributed by atoms with Gasteiger partial charge in [0.2, 0.25) is 5.76 Å². The maximum absolute atomic E-state index is 12.5. The SMILES string of the molecule is Cc1ccc(N(C)S(=O)(=O)c2cc(C(=O)O)oc2Br)cc1. The number of aromatic carboxylic acids is 1. The highest BCUT2D eigenvalue weighted by Gasteiger charge is 2.28. The molecule has 1 heterocycles. The first-order valence-electron chi connectivity index (χ1n) is 5.81. The van der Waals surface area contributed by atoms with Crippen LogP contribution in [0.1, 0.15) is 16.1 Å². The predicted molar refractivity (Wildman–Crippen MR) is 80.1 cm³/mol. The monoisotopic (exact) mass is 373 g/mol. The lowest BCUT2D eigenvalue weighted by molar-refractivity contribution is 0.0661. The number of hydrogen-bond donors (Lipinski definition) is 1. The summed E-state index contributed by atoms with van der Waals surface area (Å²) in [6, 6.07) is 7.88. The highest BCUT2D eigenvalue weighted by atomic mass is 79.9. The van der Waals surface area contributed by atoms with E-state index in [0.717, 1.165) is 15.9 Å². The topological polar surface area (TPSA) is 87.8 Å². The number of carbonyl (C=O) groups is 1. The lowest BCUT2D eigenvalue weighted by Gasteiger charge is -2.18. The number of furan rings is 1. The fourth-order valence-corrected chi connectivity index (χ4v) is 3.77. The van der Waals surface area contributed by atoms with E-state index in [1.54, 1.807) is 24.3 Å². The van der Waals surface area contributed by atoms with E-state index in [-0.39, 0.29) is 9.56 Å². The number of anilines is 1. The summed E-state index contributed by atoms with van der Waals surface area (Å²) in [5, 5.41) is 8.85. The van der Waals surface area contributed by atoms with Gasteiger partial charge in [-0.25, -0.2) is 13.2 Å². The molecule has 0 atom stereocenters. The van der Waals surface area contributed by atoms with Crippen LogP contribution in [-0.2, 0) is 10.0 Å². The van der Waals surface area contributed by atoms with Gasteiger partial charge in [-0.2, -0.15) is 0 Å². The van der Waals surface area contributed by atoms with Crippen molar-refractivity contribution in [3.8, 4) is 0 Å². The minimum Gasteiger partial charge on any atom is -0.475 e. The Morgan fingerprint density at radius 2 is 1.86 bits per heavy atom. The molecule has 0 fully saturated rings. The van der Waals surface area contributed by atoms with Crippen molar-refractivity contribution in [1.29, 1.82) is 0 Å². The van der Waals surface area contributed by atoms with Crippen molar-refractivity contribution in [2.24, 2.45) is 0 Å². The van der Waals surface area contributed by atoms with Crippen LogP contribution in [0.25, 0.3) is 0 Å². The number of halogens is 1. The van der Waals surface area contributed by atoms with Gasteiger partial charge >= 0.3 is 5.97 Å². The predicted octanol–water partition coefficient (Wildman–Crippen LogP) is 2.87. The molecule has 2 aromatic rings. The summed E-state index contributed by atoms with van der Waals surface area (Å²) in [5.41, 5.74) is 1.47. The Morgan fingerprint density at radius 3 is 2.33 bits per heavy atom. The van der Waals surface area contributed by atoms with E-state index in [1.807, 2.05) is 6.92 Å². The molecule has 2 rings (SSSR count). The zero-order chi connectivity index (χ0) is 15.8. The van der Waals surface area contributed by atoms with E-state index < -0.39 is 21.8 Å². The molecule has 21 heavy (non-hydrogen) atoms. The Labute approximate surface area is 130 Å². The maximum Gasteiger partial charge on any atom is 0.371 e. The van der Waals surface area contributed by atoms with E-state index in [9.17, 15) is 13.2 Å². The number of aryl methyl sites for hydroxylation is 1. The van der Waals surface area contributed by atoms with Crippen molar-refractivity contribution in [3.63, 3.8) is 0 Å². The van der Waals surface area contributed by atoms with Crippen LogP contribution in [0.15, 0.2) is 44.3 Å². The second kappa shape index (κ2) is 5.53. The van der Waals surface area contributed by atoms with Crippen molar-refractivity contribution in [2.75, 3.05) is 11.4 Å². The Kier molecular flexibility index (Phi) is 4.11. The molecule has 6 nitrogen and oxygen atoms in total. The molecule has 0 saturated carbocycles. The second-order valence-corrected chi connectivity index (χ2v) is 7.02. The average molecular weight is 374 g/mol. The van der Waals surface area contributed by atoms with Crippen LogP contribution in [0.5, 0.6) is 0 Å². The van der Waals surface area contributed by atoms with Crippen molar-refractivity contribution in [1.82, 2.24) is 0 Å². The van der Waals surface area contributed by atoms with Crippen LogP contribution < -0.4 is 4.31 Å². The molecule has 1 aromatic carbocycles. The smallest absolute Gasteiger partial charge is 0.371 e. The molecule has 0 radical (unpaired) electrons. The number of benzene rings is 1. The first-order valence-corrected chi connectivity index (χ1v) is 8.05. The average Bonchev–Trinajstić information content (AvgIpc) is 2.82. The van der Waals surface area contributed by atoms with E-state index in [2.05, 4.69) is 15.9 Å². The second-order valence-electron chi connectivity index (χ2n) is 4.36. The van der Waals surface area contributed by atoms with Crippen molar-refractivity contribution >= 4 is 37.6 Å². The maximum atomic E-state index is 12.5. The van der Waals surface area contributed by atoms with E-state index in [1.165, 1.54) is 7.05 Å². The Balaban J connectivity index is 2.46. The van der Waals surface area contributed by atoms with E-state index in [0.29, 0.717) is 5.69 Å². The molecular weight excluding hydrogens is 362 g/mol. The summed E-state index contributed by atoms with van der Waals surface area (Å²) in [7, 11) is -2.53. The van der Waals surface area contributed by atoms with E-state index in [4.69, 9.17) is 9.52 Å². The highest BCUT2D eigenvalue weighted by molar-refractivity contribution is 9.10. The molecule has 0 saturated heterocycles. The molecular formula is C13H12BrNO5S. The fourth-order valence-electron chi connectivity index (χ4n) is 1.67. The summed E-state index contributed by atoms with van der Waals surface area (Å²) < 4.78 is 30.8. The first-order chi connectivity index (χ1) is 9.73. The summed E-state index contributed by atoms with van der Waals surface area (Å²) in [6.07, 6.45) is 0. The van der Waals surface area contributed by atoms with Gasteiger partial charge in [0, 0.05) is 13.1 Å². The van der Waals surface area contributed by atoms with Gasteiger partial charge in [-0.05, 0) is 35.0 Å². The molecule has 112 valence electrons. The lowest BCUT2D eigenvalue weighted by atomic mass is 10.2. The van der Waals surface area contributed by atoms with Gasteiger partial charge in [0.15, 0.2) is 4.67 Å². The first kappa shape index (κ1) is 15.6. The van der Waals surface area contributed by atoms with Crippen LogP contribution in [0.2, 0.25) is 0 Å². The third-order valence-corrected chi connectivity index (χ3v) is 5.54. The summed E-state index contributed by atoms with van der Waals surface area (Å²) in [6.45, 7) is 1.89. The van der Waals surface area contributed by atoms with Crippen molar-refractivity contribution in [2.45, 2.75) is 11.8 Å². The summed E-state index contributed by atoms with van der Waals surface area (Å²) >= 11 is 2.94. The zero-order valence-electron chi connectivity index (χ0n) is 11.2. The van der Waals surface area contributed by atoms with Gasteiger partial charge in [0.25, 0.3) is 10.0 Å². The van der Waals surface area contributed by atoms with Gasteiger partial charge in [-0.1, -0.05) is 17.7 Å². The van der Waals surface area contributed by atoms with Gasteiger partial charge in [0.1, 0.15) is 4.90 Å². The van der Waals surface area contributed by atoms with E-state index >= 15 is 0 Å². The molecule has 1 aromatic heterocycles. The van der Waals surface area contributed by atoms with Gasteiger partial charge in [0.05, 0.1) is 5.69 Å². The molecule has 0 bridgehead atoms. The zero-order valence-corrected chi connectivity index (χ0v) is 13.6. The summed E-state index contributed by atoms with van der Waals surface area (Å²) in [4.78, 5) is 10.6. The van der Waals surface area contributed by atoms with Crippen molar-refractivity contribution < 1.29 is 22.7 Å². The molecule has 0 amide bonds. The molecule has 0 spiro atoms.